The van der Waals surface area contributed by atoms with Crippen LogP contribution in [-0.2, 0) is 4.79 Å². The number of piperazine rings is 1. The molecule has 136 valence electrons. The molecule has 0 unspecified atom stereocenters. The molecule has 3 amide bonds. The third-order valence-electron chi connectivity index (χ3n) is 5.51. The first-order valence-electron chi connectivity index (χ1n) is 9.24. The summed E-state index contributed by atoms with van der Waals surface area (Å²) in [5, 5.41) is 3.05. The lowest BCUT2D eigenvalue weighted by Gasteiger charge is -2.32. The van der Waals surface area contributed by atoms with Crippen molar-refractivity contribution < 1.29 is 14.5 Å². The third-order valence-corrected chi connectivity index (χ3v) is 5.51. The molecule has 0 aliphatic carbocycles. The van der Waals surface area contributed by atoms with E-state index >= 15 is 0 Å². The van der Waals surface area contributed by atoms with Crippen molar-refractivity contribution in [2.24, 2.45) is 0 Å². The lowest BCUT2D eigenvalue weighted by Crippen LogP contribution is -3.14. The first-order valence-corrected chi connectivity index (χ1v) is 9.24. The average molecular weight is 345 g/mol. The van der Waals surface area contributed by atoms with Gasteiger partial charge in [0.05, 0.1) is 38.8 Å². The van der Waals surface area contributed by atoms with Crippen molar-refractivity contribution in [3.8, 4) is 0 Å². The van der Waals surface area contributed by atoms with Gasteiger partial charge in [-0.25, -0.2) is 4.79 Å². The Morgan fingerprint density at radius 1 is 1.24 bits per heavy atom. The Labute approximate surface area is 149 Å². The maximum atomic E-state index is 12.5. The minimum absolute atomic E-state index is 0.0325. The monoisotopic (exact) mass is 345 g/mol. The fourth-order valence-corrected chi connectivity index (χ4v) is 3.59. The Bertz CT molecular complexity index is 653. The van der Waals surface area contributed by atoms with Crippen molar-refractivity contribution in [1.29, 1.82) is 0 Å². The van der Waals surface area contributed by atoms with Crippen LogP contribution in [-0.4, -0.2) is 62.1 Å². The Kier molecular flexibility index (Phi) is 5.27. The summed E-state index contributed by atoms with van der Waals surface area (Å²) >= 11 is 0. The number of carbonyl (C=O) groups excluding carboxylic acids is 2. The van der Waals surface area contributed by atoms with Crippen LogP contribution in [0.15, 0.2) is 18.2 Å². The first-order chi connectivity index (χ1) is 12.0. The largest absolute Gasteiger partial charge is 0.333 e. The molecule has 0 saturated carbocycles. The van der Waals surface area contributed by atoms with E-state index in [1.807, 2.05) is 23.1 Å². The molecule has 1 aromatic rings. The number of amides is 3. The number of anilines is 1. The van der Waals surface area contributed by atoms with Gasteiger partial charge in [0, 0.05) is 18.7 Å². The van der Waals surface area contributed by atoms with Crippen LogP contribution in [0.5, 0.6) is 0 Å². The quantitative estimate of drug-likeness (QED) is 0.830. The maximum Gasteiger partial charge on any atom is 0.318 e. The van der Waals surface area contributed by atoms with Gasteiger partial charge in [0.15, 0.2) is 0 Å². The Balaban J connectivity index is 1.57. The molecule has 25 heavy (non-hydrogen) atoms. The van der Waals surface area contributed by atoms with Gasteiger partial charge in [0.25, 0.3) is 0 Å². The fourth-order valence-electron chi connectivity index (χ4n) is 3.59. The smallest absolute Gasteiger partial charge is 0.318 e. The second-order valence-corrected chi connectivity index (χ2v) is 7.21. The predicted octanol–water partition coefficient (Wildman–Crippen LogP) is 0.339. The molecule has 2 saturated heterocycles. The molecule has 2 fully saturated rings. The molecule has 2 aliphatic heterocycles. The number of carbonyl (C=O) groups is 2. The van der Waals surface area contributed by atoms with Gasteiger partial charge in [0.2, 0.25) is 5.91 Å². The van der Waals surface area contributed by atoms with Gasteiger partial charge in [-0.15, -0.1) is 0 Å². The minimum atomic E-state index is -0.113. The van der Waals surface area contributed by atoms with E-state index in [1.165, 1.54) is 11.1 Å². The molecule has 0 bridgehead atoms. The van der Waals surface area contributed by atoms with E-state index in [2.05, 4.69) is 26.1 Å². The van der Waals surface area contributed by atoms with Gasteiger partial charge < -0.3 is 20.0 Å². The molecule has 2 N–H and O–H groups in total. The van der Waals surface area contributed by atoms with Crippen LogP contribution in [0.3, 0.4) is 0 Å². The van der Waals surface area contributed by atoms with Crippen LogP contribution >= 0.6 is 0 Å². The number of urea groups is 1. The van der Waals surface area contributed by atoms with Gasteiger partial charge >= 0.3 is 6.03 Å². The van der Waals surface area contributed by atoms with Gasteiger partial charge in [-0.3, -0.25) is 4.79 Å². The maximum absolute atomic E-state index is 12.5. The summed E-state index contributed by atoms with van der Waals surface area (Å²) in [7, 11) is 0. The van der Waals surface area contributed by atoms with E-state index in [0.717, 1.165) is 38.4 Å². The minimum Gasteiger partial charge on any atom is -0.333 e. The second kappa shape index (κ2) is 7.44. The lowest BCUT2D eigenvalue weighted by molar-refractivity contribution is -0.902. The first kappa shape index (κ1) is 17.7. The number of quaternary nitrogens is 1. The SMILES string of the molecule is CC[NH+]1CCN(C(=O)N[C@@H]2CC(=O)N(c3ccc(C)c(C)c3)C2)CC1. The second-order valence-electron chi connectivity index (χ2n) is 7.21. The van der Waals surface area contributed by atoms with Crippen LogP contribution in [0.25, 0.3) is 0 Å². The number of benzene rings is 1. The molecule has 2 aliphatic rings. The number of nitrogens with one attached hydrogen (secondary N) is 2. The molecule has 3 rings (SSSR count). The Hall–Kier alpha value is -2.08. The molecule has 0 radical (unpaired) electrons. The highest BCUT2D eigenvalue weighted by atomic mass is 16.2. The van der Waals surface area contributed by atoms with Crippen LogP contribution in [0.4, 0.5) is 10.5 Å². The Morgan fingerprint density at radius 3 is 2.60 bits per heavy atom. The average Bonchev–Trinajstić information content (AvgIpc) is 2.97. The topological polar surface area (TPSA) is 57.1 Å². The summed E-state index contributed by atoms with van der Waals surface area (Å²) in [4.78, 5) is 30.1. The van der Waals surface area contributed by atoms with E-state index in [0.29, 0.717) is 13.0 Å². The van der Waals surface area contributed by atoms with Crippen molar-refractivity contribution in [3.63, 3.8) is 0 Å². The van der Waals surface area contributed by atoms with E-state index in [-0.39, 0.29) is 18.0 Å². The van der Waals surface area contributed by atoms with E-state index < -0.39 is 0 Å². The number of rotatable bonds is 3. The van der Waals surface area contributed by atoms with Crippen LogP contribution in [0, 0.1) is 13.8 Å². The van der Waals surface area contributed by atoms with Crippen LogP contribution in [0.2, 0.25) is 0 Å². The highest BCUT2D eigenvalue weighted by Gasteiger charge is 2.33. The molecular weight excluding hydrogens is 316 g/mol. The number of hydrogen-bond donors (Lipinski definition) is 2. The van der Waals surface area contributed by atoms with E-state index in [4.69, 9.17) is 0 Å². The molecule has 6 heteroatoms. The normalized spacial score (nSPS) is 21.7. The molecule has 6 nitrogen and oxygen atoms in total. The molecule has 1 atom stereocenters. The zero-order valence-corrected chi connectivity index (χ0v) is 15.5. The molecule has 1 aromatic carbocycles. The van der Waals surface area contributed by atoms with E-state index in [9.17, 15) is 9.59 Å². The third kappa shape index (κ3) is 3.95. The number of hydrogen-bond acceptors (Lipinski definition) is 2. The number of likely N-dealkylation sites (N-methyl/N-ethyl adjacent to an activating group) is 1. The standard InChI is InChI=1S/C19H28N4O2/c1-4-21-7-9-22(10-8-21)19(25)20-16-12-18(24)23(13-16)17-6-5-14(2)15(3)11-17/h5-6,11,16H,4,7-10,12-13H2,1-3H3,(H,20,25)/p+1/t16-/m1/s1. The Morgan fingerprint density at radius 2 is 1.96 bits per heavy atom. The highest BCUT2D eigenvalue weighted by molar-refractivity contribution is 5.96. The van der Waals surface area contributed by atoms with Gasteiger partial charge in [-0.1, -0.05) is 6.07 Å². The van der Waals surface area contributed by atoms with Gasteiger partial charge in [-0.05, 0) is 44.0 Å². The number of aryl methyl sites for hydroxylation is 2. The summed E-state index contributed by atoms with van der Waals surface area (Å²) in [6, 6.07) is 5.92. The summed E-state index contributed by atoms with van der Waals surface area (Å²) in [6.07, 6.45) is 0.374. The fraction of sp³-hybridized carbons (Fsp3) is 0.579. The molecular formula is C19H29N4O2+. The van der Waals surface area contributed by atoms with Gasteiger partial charge in [0.1, 0.15) is 0 Å². The molecule has 0 aromatic heterocycles. The predicted molar refractivity (Wildman–Crippen MR) is 98.0 cm³/mol. The van der Waals surface area contributed by atoms with Crippen molar-refractivity contribution in [2.45, 2.75) is 33.2 Å². The summed E-state index contributed by atoms with van der Waals surface area (Å²) in [5.41, 5.74) is 3.31. The summed E-state index contributed by atoms with van der Waals surface area (Å²) in [5.74, 6) is 0.0776. The summed E-state index contributed by atoms with van der Waals surface area (Å²) < 4.78 is 0. The van der Waals surface area contributed by atoms with E-state index in [1.54, 1.807) is 9.80 Å². The number of nitrogens with zero attached hydrogens (tertiary/aromatic N) is 2. The zero-order valence-electron chi connectivity index (χ0n) is 15.5. The van der Waals surface area contributed by atoms with Crippen molar-refractivity contribution in [3.05, 3.63) is 29.3 Å². The summed E-state index contributed by atoms with van der Waals surface area (Å²) in [6.45, 7) is 11.5. The van der Waals surface area contributed by atoms with Crippen molar-refractivity contribution >= 4 is 17.6 Å². The van der Waals surface area contributed by atoms with Crippen LogP contribution in [0.1, 0.15) is 24.5 Å². The molecule has 2 heterocycles. The van der Waals surface area contributed by atoms with Crippen molar-refractivity contribution in [1.82, 2.24) is 10.2 Å². The lowest BCUT2D eigenvalue weighted by atomic mass is 10.1. The zero-order chi connectivity index (χ0) is 18.0. The molecule has 0 spiro atoms. The van der Waals surface area contributed by atoms with Gasteiger partial charge in [-0.2, -0.15) is 0 Å². The highest BCUT2D eigenvalue weighted by Crippen LogP contribution is 2.24. The van der Waals surface area contributed by atoms with Crippen LogP contribution < -0.4 is 15.1 Å². The van der Waals surface area contributed by atoms with Crippen molar-refractivity contribution in [2.75, 3.05) is 44.2 Å².